The number of esters is 1. The number of halogens is 2. The Morgan fingerprint density at radius 1 is 1.32 bits per heavy atom. The minimum absolute atomic E-state index is 0. The van der Waals surface area contributed by atoms with E-state index in [0.717, 1.165) is 44.0 Å². The van der Waals surface area contributed by atoms with Gasteiger partial charge in [0.1, 0.15) is 13.2 Å². The third-order valence-electron chi connectivity index (χ3n) is 4.73. The molecule has 1 saturated heterocycles. The highest BCUT2D eigenvalue weighted by Gasteiger charge is 2.27. The normalized spacial score (nSPS) is 17.0. The number of carbonyl (C=O) groups is 1. The molecule has 9 heteroatoms. The topological polar surface area (TPSA) is 72.4 Å². The average Bonchev–Trinajstić information content (AvgIpc) is 2.70. The minimum atomic E-state index is -0.123. The Bertz CT molecular complexity index is 709. The maximum absolute atomic E-state index is 11.7. The molecule has 0 bridgehead atoms. The van der Waals surface area contributed by atoms with Crippen LogP contribution in [0.1, 0.15) is 25.3 Å². The Labute approximate surface area is 187 Å². The van der Waals surface area contributed by atoms with Crippen LogP contribution in [0.5, 0.6) is 11.5 Å². The Balaban J connectivity index is 0.00000280. The van der Waals surface area contributed by atoms with Crippen LogP contribution in [0.25, 0.3) is 0 Å². The standard InChI is InChI=1S/C19H26ClN3O4.HI/c1-3-21-19(23-6-4-14(5-7-23)18(24)25-2)22-12-13-10-15(20)17-16(11-13)26-8-9-27-17;/h10-11,14H,3-9,12H2,1-2H3,(H,21,22);1H. The van der Waals surface area contributed by atoms with Crippen LogP contribution in [0.4, 0.5) is 0 Å². The van der Waals surface area contributed by atoms with Gasteiger partial charge in [-0.25, -0.2) is 4.99 Å². The van der Waals surface area contributed by atoms with Gasteiger partial charge in [0.05, 0.1) is 24.6 Å². The fourth-order valence-corrected chi connectivity index (χ4v) is 3.63. The number of likely N-dealkylation sites (tertiary alicyclic amines) is 1. The lowest BCUT2D eigenvalue weighted by Crippen LogP contribution is -2.46. The van der Waals surface area contributed by atoms with Crippen molar-refractivity contribution in [3.63, 3.8) is 0 Å². The van der Waals surface area contributed by atoms with Gasteiger partial charge in [-0.15, -0.1) is 24.0 Å². The van der Waals surface area contributed by atoms with Crippen LogP contribution >= 0.6 is 35.6 Å². The number of methoxy groups -OCH3 is 1. The summed E-state index contributed by atoms with van der Waals surface area (Å²) in [5.41, 5.74) is 0.962. The Hall–Kier alpha value is -1.42. The molecule has 1 N–H and O–H groups in total. The highest BCUT2D eigenvalue weighted by atomic mass is 127. The number of guanidine groups is 1. The molecule has 156 valence electrons. The Morgan fingerprint density at radius 3 is 2.71 bits per heavy atom. The lowest BCUT2D eigenvalue weighted by Gasteiger charge is -2.33. The molecule has 0 amide bonds. The quantitative estimate of drug-likeness (QED) is 0.283. The molecule has 0 unspecified atom stereocenters. The van der Waals surface area contributed by atoms with Gasteiger partial charge in [-0.05, 0) is 37.5 Å². The van der Waals surface area contributed by atoms with Crippen LogP contribution in [0.2, 0.25) is 5.02 Å². The number of benzene rings is 1. The second-order valence-corrected chi connectivity index (χ2v) is 6.96. The maximum atomic E-state index is 11.7. The average molecular weight is 524 g/mol. The predicted octanol–water partition coefficient (Wildman–Crippen LogP) is 3.08. The van der Waals surface area contributed by atoms with Gasteiger partial charge in [0, 0.05) is 19.6 Å². The molecular weight excluding hydrogens is 497 g/mol. The zero-order valence-electron chi connectivity index (χ0n) is 16.2. The van der Waals surface area contributed by atoms with Crippen molar-refractivity contribution < 1.29 is 19.0 Å². The molecule has 0 atom stereocenters. The van der Waals surface area contributed by atoms with Gasteiger partial charge >= 0.3 is 5.97 Å². The summed E-state index contributed by atoms with van der Waals surface area (Å²) < 4.78 is 16.0. The molecule has 2 aliphatic heterocycles. The third kappa shape index (κ3) is 5.56. The van der Waals surface area contributed by atoms with E-state index in [0.29, 0.717) is 36.3 Å². The van der Waals surface area contributed by atoms with Crippen LogP contribution in [-0.4, -0.2) is 56.8 Å². The molecule has 2 aliphatic rings. The zero-order valence-corrected chi connectivity index (χ0v) is 19.3. The highest BCUT2D eigenvalue weighted by molar-refractivity contribution is 14.0. The van der Waals surface area contributed by atoms with Gasteiger partial charge in [-0.3, -0.25) is 4.79 Å². The second kappa shape index (κ2) is 10.9. The fourth-order valence-electron chi connectivity index (χ4n) is 3.34. The SMILES string of the molecule is CCNC(=NCc1cc(Cl)c2c(c1)OCCO2)N1CCC(C(=O)OC)CC1.I. The van der Waals surface area contributed by atoms with E-state index >= 15 is 0 Å². The number of piperidine rings is 1. The third-order valence-corrected chi connectivity index (χ3v) is 5.01. The summed E-state index contributed by atoms with van der Waals surface area (Å²) in [6.45, 7) is 5.87. The van der Waals surface area contributed by atoms with Crippen molar-refractivity contribution in [2.75, 3.05) is 40.0 Å². The van der Waals surface area contributed by atoms with Crippen LogP contribution in [0, 0.1) is 5.92 Å². The summed E-state index contributed by atoms with van der Waals surface area (Å²) in [6, 6.07) is 3.79. The molecule has 3 rings (SSSR count). The molecule has 1 aromatic rings. The number of hydrogen-bond donors (Lipinski definition) is 1. The number of aliphatic imine (C=N–C) groups is 1. The van der Waals surface area contributed by atoms with E-state index in [1.807, 2.05) is 19.1 Å². The summed E-state index contributed by atoms with van der Waals surface area (Å²) in [5.74, 6) is 1.97. The van der Waals surface area contributed by atoms with Gasteiger partial charge in [0.15, 0.2) is 17.5 Å². The highest BCUT2D eigenvalue weighted by Crippen LogP contribution is 2.38. The van der Waals surface area contributed by atoms with Crippen LogP contribution < -0.4 is 14.8 Å². The van der Waals surface area contributed by atoms with E-state index in [1.165, 1.54) is 7.11 Å². The lowest BCUT2D eigenvalue weighted by molar-refractivity contribution is -0.146. The number of fused-ring (bicyclic) bond motifs is 1. The van der Waals surface area contributed by atoms with Gasteiger partial charge < -0.3 is 24.4 Å². The summed E-state index contributed by atoms with van der Waals surface area (Å²) in [4.78, 5) is 18.6. The van der Waals surface area contributed by atoms with Gasteiger partial charge in [-0.1, -0.05) is 11.6 Å². The van der Waals surface area contributed by atoms with E-state index in [4.69, 9.17) is 30.8 Å². The van der Waals surface area contributed by atoms with E-state index in [2.05, 4.69) is 10.2 Å². The summed E-state index contributed by atoms with van der Waals surface area (Å²) in [6.07, 6.45) is 1.54. The number of hydrogen-bond acceptors (Lipinski definition) is 5. The molecule has 0 saturated carbocycles. The molecule has 0 radical (unpaired) electrons. The summed E-state index contributed by atoms with van der Waals surface area (Å²) in [5, 5.41) is 3.87. The number of rotatable bonds is 4. The molecule has 1 fully saturated rings. The molecule has 0 aromatic heterocycles. The number of carbonyl (C=O) groups excluding carboxylic acids is 1. The van der Waals surface area contributed by atoms with Crippen molar-refractivity contribution in [3.05, 3.63) is 22.7 Å². The van der Waals surface area contributed by atoms with Crippen LogP contribution in [0.3, 0.4) is 0 Å². The molecule has 28 heavy (non-hydrogen) atoms. The number of nitrogens with zero attached hydrogens (tertiary/aromatic N) is 2. The number of ether oxygens (including phenoxy) is 3. The van der Waals surface area contributed by atoms with Crippen molar-refractivity contribution >= 4 is 47.5 Å². The Kier molecular flexibility index (Phi) is 8.94. The van der Waals surface area contributed by atoms with Crippen LogP contribution in [-0.2, 0) is 16.1 Å². The zero-order chi connectivity index (χ0) is 19.2. The van der Waals surface area contributed by atoms with E-state index < -0.39 is 0 Å². The van der Waals surface area contributed by atoms with Crippen molar-refractivity contribution in [2.45, 2.75) is 26.3 Å². The summed E-state index contributed by atoms with van der Waals surface area (Å²) >= 11 is 6.31. The smallest absolute Gasteiger partial charge is 0.308 e. The fraction of sp³-hybridized carbons (Fsp3) is 0.579. The molecule has 0 aliphatic carbocycles. The van der Waals surface area contributed by atoms with E-state index in [-0.39, 0.29) is 35.9 Å². The van der Waals surface area contributed by atoms with Crippen molar-refractivity contribution in [2.24, 2.45) is 10.9 Å². The van der Waals surface area contributed by atoms with Gasteiger partial charge in [0.25, 0.3) is 0 Å². The molecule has 0 spiro atoms. The largest absolute Gasteiger partial charge is 0.486 e. The second-order valence-electron chi connectivity index (χ2n) is 6.56. The first-order chi connectivity index (χ1) is 13.1. The maximum Gasteiger partial charge on any atom is 0.308 e. The van der Waals surface area contributed by atoms with E-state index in [9.17, 15) is 4.79 Å². The summed E-state index contributed by atoms with van der Waals surface area (Å²) in [7, 11) is 1.44. The minimum Gasteiger partial charge on any atom is -0.486 e. The molecule has 2 heterocycles. The lowest BCUT2D eigenvalue weighted by atomic mass is 9.97. The van der Waals surface area contributed by atoms with Crippen molar-refractivity contribution in [1.29, 1.82) is 0 Å². The van der Waals surface area contributed by atoms with Crippen LogP contribution in [0.15, 0.2) is 17.1 Å². The molecule has 7 nitrogen and oxygen atoms in total. The number of nitrogens with one attached hydrogen (secondary N) is 1. The Morgan fingerprint density at radius 2 is 2.04 bits per heavy atom. The van der Waals surface area contributed by atoms with E-state index in [1.54, 1.807) is 0 Å². The first-order valence-electron chi connectivity index (χ1n) is 9.31. The predicted molar refractivity (Wildman–Crippen MR) is 119 cm³/mol. The first kappa shape index (κ1) is 22.9. The molecule has 1 aromatic carbocycles. The monoisotopic (exact) mass is 523 g/mol. The first-order valence-corrected chi connectivity index (χ1v) is 9.69. The van der Waals surface area contributed by atoms with Gasteiger partial charge in [-0.2, -0.15) is 0 Å². The van der Waals surface area contributed by atoms with Crippen molar-refractivity contribution in [1.82, 2.24) is 10.2 Å². The van der Waals surface area contributed by atoms with Crippen molar-refractivity contribution in [3.8, 4) is 11.5 Å². The molecular formula is C19H27ClIN3O4. The van der Waals surface area contributed by atoms with Gasteiger partial charge in [0.2, 0.25) is 0 Å².